The maximum atomic E-state index is 13.1. The Morgan fingerprint density at radius 2 is 1.85 bits per heavy atom. The van der Waals surface area contributed by atoms with Crippen molar-refractivity contribution in [2.75, 3.05) is 25.0 Å². The number of hydrogen-bond donors (Lipinski definition) is 2. The zero-order valence-corrected chi connectivity index (χ0v) is 20.4. The van der Waals surface area contributed by atoms with Gasteiger partial charge in [0.15, 0.2) is 5.11 Å². The number of piperidine rings is 1. The monoisotopic (exact) mass is 467 g/mol. The molecule has 0 atom stereocenters. The summed E-state index contributed by atoms with van der Waals surface area (Å²) in [7, 11) is 0. The zero-order chi connectivity index (χ0) is 23.8. The molecule has 0 saturated carbocycles. The number of benzene rings is 2. The number of rotatable bonds is 7. The molecule has 1 aliphatic rings. The van der Waals surface area contributed by atoms with Crippen molar-refractivity contribution in [1.29, 1.82) is 0 Å². The molecular weight excluding hydrogens is 434 g/mol. The predicted octanol–water partition coefficient (Wildman–Crippen LogP) is 5.11. The van der Waals surface area contributed by atoms with Crippen molar-refractivity contribution in [2.24, 2.45) is 11.8 Å². The van der Waals surface area contributed by atoms with E-state index in [9.17, 15) is 9.59 Å². The molecule has 2 amide bonds. The Labute approximate surface area is 201 Å². The molecule has 6 nitrogen and oxygen atoms in total. The molecule has 1 aliphatic heterocycles. The van der Waals surface area contributed by atoms with Gasteiger partial charge in [-0.25, -0.2) is 0 Å². The number of nitrogens with one attached hydrogen (secondary N) is 2. The summed E-state index contributed by atoms with van der Waals surface area (Å²) in [5, 5.41) is 5.86. The van der Waals surface area contributed by atoms with Gasteiger partial charge in [-0.2, -0.15) is 0 Å². The van der Waals surface area contributed by atoms with E-state index in [1.54, 1.807) is 30.3 Å². The largest absolute Gasteiger partial charge is 0.494 e. The van der Waals surface area contributed by atoms with Crippen molar-refractivity contribution in [2.45, 2.75) is 40.0 Å². The van der Waals surface area contributed by atoms with Crippen LogP contribution in [-0.4, -0.2) is 41.5 Å². The molecule has 2 aromatic carbocycles. The Morgan fingerprint density at radius 1 is 1.12 bits per heavy atom. The fourth-order valence-electron chi connectivity index (χ4n) is 3.63. The number of carbonyl (C=O) groups is 2. The number of carbonyl (C=O) groups excluding carboxylic acids is 2. The minimum absolute atomic E-state index is 0.0228. The van der Waals surface area contributed by atoms with Crippen LogP contribution in [0.2, 0.25) is 0 Å². The van der Waals surface area contributed by atoms with Gasteiger partial charge in [-0.3, -0.25) is 14.9 Å². The SMILES string of the molecule is CC(C)CCOc1cccc(C(=O)NC(=S)Nc2ccccc2C(=O)N2CCC(C)CC2)c1. The van der Waals surface area contributed by atoms with Crippen LogP contribution in [0.3, 0.4) is 0 Å². The lowest BCUT2D eigenvalue weighted by Crippen LogP contribution is -2.39. The number of para-hydroxylation sites is 1. The molecule has 7 heteroatoms. The summed E-state index contributed by atoms with van der Waals surface area (Å²) < 4.78 is 5.74. The topological polar surface area (TPSA) is 70.7 Å². The number of ether oxygens (including phenoxy) is 1. The smallest absolute Gasteiger partial charge is 0.257 e. The average Bonchev–Trinajstić information content (AvgIpc) is 2.79. The standard InChI is InChI=1S/C26H33N3O3S/c1-18(2)13-16-32-21-8-6-7-20(17-21)24(30)28-26(33)27-23-10-5-4-9-22(23)25(31)29-14-11-19(3)12-15-29/h4-10,17-19H,11-16H2,1-3H3,(H2,27,28,30,33). The van der Waals surface area contributed by atoms with Crippen molar-refractivity contribution in [1.82, 2.24) is 10.2 Å². The van der Waals surface area contributed by atoms with E-state index in [4.69, 9.17) is 17.0 Å². The summed E-state index contributed by atoms with van der Waals surface area (Å²) in [5.41, 5.74) is 1.58. The Hall–Kier alpha value is -2.93. The van der Waals surface area contributed by atoms with Crippen molar-refractivity contribution < 1.29 is 14.3 Å². The highest BCUT2D eigenvalue weighted by molar-refractivity contribution is 7.80. The molecule has 0 unspecified atom stereocenters. The first-order valence-corrected chi connectivity index (χ1v) is 12.0. The maximum absolute atomic E-state index is 13.1. The van der Waals surface area contributed by atoms with Gasteiger partial charge in [-0.05, 0) is 73.6 Å². The third-order valence-corrected chi connectivity index (χ3v) is 5.97. The second kappa shape index (κ2) is 11.8. The summed E-state index contributed by atoms with van der Waals surface area (Å²) >= 11 is 5.36. The van der Waals surface area contributed by atoms with E-state index in [1.807, 2.05) is 23.1 Å². The summed E-state index contributed by atoms with van der Waals surface area (Å²) in [6.45, 7) is 8.60. The molecule has 0 radical (unpaired) electrons. The van der Waals surface area contributed by atoms with Gasteiger partial charge in [0.2, 0.25) is 0 Å². The van der Waals surface area contributed by atoms with Gasteiger partial charge in [0, 0.05) is 18.7 Å². The van der Waals surface area contributed by atoms with Crippen LogP contribution in [0.15, 0.2) is 48.5 Å². The first-order valence-electron chi connectivity index (χ1n) is 11.6. The number of hydrogen-bond acceptors (Lipinski definition) is 4. The molecule has 2 N–H and O–H groups in total. The van der Waals surface area contributed by atoms with Crippen LogP contribution in [0.1, 0.15) is 60.7 Å². The van der Waals surface area contributed by atoms with Crippen LogP contribution in [0.5, 0.6) is 5.75 Å². The average molecular weight is 468 g/mol. The molecule has 0 aliphatic carbocycles. The van der Waals surface area contributed by atoms with Crippen molar-refractivity contribution in [3.05, 3.63) is 59.7 Å². The number of likely N-dealkylation sites (tertiary alicyclic amines) is 1. The molecule has 0 spiro atoms. The lowest BCUT2D eigenvalue weighted by atomic mass is 9.98. The predicted molar refractivity (Wildman–Crippen MR) is 136 cm³/mol. The second-order valence-electron chi connectivity index (χ2n) is 8.99. The summed E-state index contributed by atoms with van der Waals surface area (Å²) in [6.07, 6.45) is 2.96. The van der Waals surface area contributed by atoms with Gasteiger partial charge in [0.25, 0.3) is 11.8 Å². The van der Waals surface area contributed by atoms with Crippen LogP contribution in [0.4, 0.5) is 5.69 Å². The van der Waals surface area contributed by atoms with E-state index < -0.39 is 0 Å². The fraction of sp³-hybridized carbons (Fsp3) is 0.423. The quantitative estimate of drug-likeness (QED) is 0.554. The third-order valence-electron chi connectivity index (χ3n) is 5.76. The van der Waals surface area contributed by atoms with Crippen molar-refractivity contribution in [3.63, 3.8) is 0 Å². The van der Waals surface area contributed by atoms with Crippen LogP contribution < -0.4 is 15.4 Å². The lowest BCUT2D eigenvalue weighted by Gasteiger charge is -2.30. The Morgan fingerprint density at radius 3 is 2.58 bits per heavy atom. The number of anilines is 1. The van der Waals surface area contributed by atoms with E-state index in [2.05, 4.69) is 31.4 Å². The number of nitrogens with zero attached hydrogens (tertiary/aromatic N) is 1. The highest BCUT2D eigenvalue weighted by atomic mass is 32.1. The molecule has 176 valence electrons. The van der Waals surface area contributed by atoms with Gasteiger partial charge < -0.3 is 15.0 Å². The Kier molecular flexibility index (Phi) is 8.83. The normalized spacial score (nSPS) is 14.1. The molecule has 1 heterocycles. The van der Waals surface area contributed by atoms with Crippen molar-refractivity contribution in [3.8, 4) is 5.75 Å². The molecule has 0 aromatic heterocycles. The minimum Gasteiger partial charge on any atom is -0.494 e. The third kappa shape index (κ3) is 7.29. The maximum Gasteiger partial charge on any atom is 0.257 e. The van der Waals surface area contributed by atoms with Gasteiger partial charge in [0.05, 0.1) is 17.9 Å². The highest BCUT2D eigenvalue weighted by Gasteiger charge is 2.23. The van der Waals surface area contributed by atoms with Crippen molar-refractivity contribution >= 4 is 34.8 Å². The summed E-state index contributed by atoms with van der Waals surface area (Å²) in [6, 6.07) is 14.3. The number of thiocarbonyl (C=S) groups is 1. The van der Waals surface area contributed by atoms with E-state index in [0.717, 1.165) is 32.4 Å². The Balaban J connectivity index is 1.61. The molecule has 2 aromatic rings. The Bertz CT molecular complexity index is 984. The highest BCUT2D eigenvalue weighted by Crippen LogP contribution is 2.22. The molecule has 3 rings (SSSR count). The van der Waals surface area contributed by atoms with Crippen LogP contribution >= 0.6 is 12.2 Å². The molecular formula is C26H33N3O3S. The van der Waals surface area contributed by atoms with Crippen LogP contribution in [-0.2, 0) is 0 Å². The first-order chi connectivity index (χ1) is 15.8. The molecule has 33 heavy (non-hydrogen) atoms. The van der Waals surface area contributed by atoms with Gasteiger partial charge >= 0.3 is 0 Å². The van der Waals surface area contributed by atoms with Gasteiger partial charge in [0.1, 0.15) is 5.75 Å². The van der Waals surface area contributed by atoms with E-state index >= 15 is 0 Å². The lowest BCUT2D eigenvalue weighted by molar-refractivity contribution is 0.0698. The molecule has 1 fully saturated rings. The van der Waals surface area contributed by atoms with E-state index in [-0.39, 0.29) is 16.9 Å². The van der Waals surface area contributed by atoms with Crippen LogP contribution in [0, 0.1) is 11.8 Å². The number of amides is 2. The summed E-state index contributed by atoms with van der Waals surface area (Å²) in [4.78, 5) is 27.6. The zero-order valence-electron chi connectivity index (χ0n) is 19.6. The molecule has 1 saturated heterocycles. The van der Waals surface area contributed by atoms with Gasteiger partial charge in [-0.15, -0.1) is 0 Å². The first kappa shape index (κ1) is 24.7. The molecule has 0 bridgehead atoms. The summed E-state index contributed by atoms with van der Waals surface area (Å²) in [5.74, 6) is 1.48. The second-order valence-corrected chi connectivity index (χ2v) is 9.40. The minimum atomic E-state index is -0.337. The van der Waals surface area contributed by atoms with E-state index in [1.165, 1.54) is 0 Å². The van der Waals surface area contributed by atoms with E-state index in [0.29, 0.717) is 41.0 Å². The van der Waals surface area contributed by atoms with Gasteiger partial charge in [-0.1, -0.05) is 39.0 Å². The fourth-order valence-corrected chi connectivity index (χ4v) is 3.83. The van der Waals surface area contributed by atoms with Crippen LogP contribution in [0.25, 0.3) is 0 Å².